The van der Waals surface area contributed by atoms with E-state index in [0.717, 1.165) is 5.56 Å². The highest BCUT2D eigenvalue weighted by Crippen LogP contribution is 2.22. The van der Waals surface area contributed by atoms with Gasteiger partial charge >= 0.3 is 6.09 Å². The van der Waals surface area contributed by atoms with E-state index < -0.39 is 17.2 Å². The summed E-state index contributed by atoms with van der Waals surface area (Å²) in [4.78, 5) is 20.2. The highest BCUT2D eigenvalue weighted by molar-refractivity contribution is 5.68. The summed E-state index contributed by atoms with van der Waals surface area (Å²) in [6, 6.07) is 3.62. The van der Waals surface area contributed by atoms with Gasteiger partial charge in [0.25, 0.3) is 5.89 Å². The van der Waals surface area contributed by atoms with Gasteiger partial charge in [0.2, 0.25) is 5.82 Å². The molecule has 0 unspecified atom stereocenters. The summed E-state index contributed by atoms with van der Waals surface area (Å²) in [6.07, 6.45) is 2.76. The van der Waals surface area contributed by atoms with Crippen molar-refractivity contribution in [1.82, 2.24) is 20.4 Å². The van der Waals surface area contributed by atoms with Gasteiger partial charge in [-0.2, -0.15) is 4.98 Å². The maximum Gasteiger partial charge on any atom is 0.408 e. The first-order chi connectivity index (χ1) is 10.2. The Morgan fingerprint density at radius 2 is 2.00 bits per heavy atom. The summed E-state index contributed by atoms with van der Waals surface area (Å²) in [6.45, 7) is 8.92. The Hall–Kier alpha value is -2.44. The topological polar surface area (TPSA) is 90.1 Å². The second kappa shape index (κ2) is 5.75. The molecule has 0 bridgehead atoms. The van der Waals surface area contributed by atoms with Gasteiger partial charge in [-0.1, -0.05) is 5.16 Å². The summed E-state index contributed by atoms with van der Waals surface area (Å²) in [5.74, 6) is 0.708. The summed E-state index contributed by atoms with van der Waals surface area (Å²) in [7, 11) is 0. The van der Waals surface area contributed by atoms with Crippen LogP contribution in [-0.4, -0.2) is 26.8 Å². The normalized spacial score (nSPS) is 12.0. The molecule has 7 heteroatoms. The Bertz CT molecular complexity index is 644. The predicted octanol–water partition coefficient (Wildman–Crippen LogP) is 2.89. The van der Waals surface area contributed by atoms with Gasteiger partial charge < -0.3 is 14.6 Å². The van der Waals surface area contributed by atoms with E-state index in [9.17, 15) is 4.79 Å². The molecule has 0 aliphatic heterocycles. The lowest BCUT2D eigenvalue weighted by molar-refractivity contribution is 0.0452. The second-order valence-corrected chi connectivity index (χ2v) is 6.42. The molecule has 0 spiro atoms. The molecule has 2 aromatic heterocycles. The number of hydrogen-bond acceptors (Lipinski definition) is 6. The van der Waals surface area contributed by atoms with Crippen LogP contribution in [0.2, 0.25) is 0 Å². The third kappa shape index (κ3) is 4.03. The van der Waals surface area contributed by atoms with Crippen molar-refractivity contribution in [1.29, 1.82) is 0 Å². The number of rotatable bonds is 3. The first kappa shape index (κ1) is 15.9. The molecular formula is C15H20N4O3. The molecule has 0 atom stereocenters. The quantitative estimate of drug-likeness (QED) is 0.937. The molecule has 0 saturated carbocycles. The Morgan fingerprint density at radius 1 is 1.27 bits per heavy atom. The van der Waals surface area contributed by atoms with Crippen molar-refractivity contribution in [2.75, 3.05) is 0 Å². The molecule has 22 heavy (non-hydrogen) atoms. The minimum atomic E-state index is -0.851. The van der Waals surface area contributed by atoms with E-state index in [2.05, 4.69) is 20.4 Å². The Labute approximate surface area is 129 Å². The molecule has 2 rings (SSSR count). The van der Waals surface area contributed by atoms with Crippen molar-refractivity contribution in [3.8, 4) is 11.4 Å². The number of nitrogens with zero attached hydrogens (tertiary/aromatic N) is 3. The lowest BCUT2D eigenvalue weighted by Gasteiger charge is -2.25. The predicted molar refractivity (Wildman–Crippen MR) is 79.9 cm³/mol. The number of carbonyl (C=O) groups excluding carboxylic acids is 1. The van der Waals surface area contributed by atoms with E-state index in [1.54, 1.807) is 53.1 Å². The lowest BCUT2D eigenvalue weighted by Crippen LogP contribution is -2.44. The summed E-state index contributed by atoms with van der Waals surface area (Å²) in [5.41, 5.74) is -0.684. The zero-order chi connectivity index (χ0) is 16.4. The third-order valence-corrected chi connectivity index (χ3v) is 2.69. The van der Waals surface area contributed by atoms with E-state index >= 15 is 0 Å². The molecule has 2 aromatic rings. The molecule has 118 valence electrons. The Morgan fingerprint density at radius 3 is 2.59 bits per heavy atom. The SMILES string of the molecule is CC(C)(C)OC(=O)NC(C)(C)c1nc(-c2cccnc2)no1. The number of alkyl carbamates (subject to hydrolysis) is 1. The van der Waals surface area contributed by atoms with Gasteiger partial charge in [0.1, 0.15) is 11.1 Å². The van der Waals surface area contributed by atoms with Crippen molar-refractivity contribution >= 4 is 6.09 Å². The molecule has 7 nitrogen and oxygen atoms in total. The van der Waals surface area contributed by atoms with Gasteiger partial charge in [-0.05, 0) is 46.8 Å². The Balaban J connectivity index is 2.13. The van der Waals surface area contributed by atoms with Gasteiger partial charge in [-0.3, -0.25) is 4.98 Å². The molecule has 0 fully saturated rings. The van der Waals surface area contributed by atoms with Gasteiger partial charge in [0.05, 0.1) is 0 Å². The second-order valence-electron chi connectivity index (χ2n) is 6.42. The zero-order valence-corrected chi connectivity index (χ0v) is 13.4. The molecule has 0 aliphatic rings. The number of nitrogens with one attached hydrogen (secondary N) is 1. The molecule has 0 saturated heterocycles. The average molecular weight is 304 g/mol. The molecule has 1 amide bonds. The molecule has 0 aliphatic carbocycles. The van der Waals surface area contributed by atoms with E-state index in [4.69, 9.17) is 9.26 Å². The number of amides is 1. The van der Waals surface area contributed by atoms with Crippen molar-refractivity contribution in [2.45, 2.75) is 45.8 Å². The van der Waals surface area contributed by atoms with E-state index in [1.165, 1.54) is 0 Å². The van der Waals surface area contributed by atoms with Gasteiger partial charge in [-0.25, -0.2) is 4.79 Å². The highest BCUT2D eigenvalue weighted by atomic mass is 16.6. The minimum Gasteiger partial charge on any atom is -0.444 e. The molecular weight excluding hydrogens is 284 g/mol. The first-order valence-electron chi connectivity index (χ1n) is 6.93. The largest absolute Gasteiger partial charge is 0.444 e. The van der Waals surface area contributed by atoms with Crippen molar-refractivity contribution in [3.63, 3.8) is 0 Å². The number of hydrogen-bond donors (Lipinski definition) is 1. The molecule has 0 aromatic carbocycles. The van der Waals surface area contributed by atoms with Crippen LogP contribution in [0, 0.1) is 0 Å². The van der Waals surface area contributed by atoms with Gasteiger partial charge in [-0.15, -0.1) is 0 Å². The average Bonchev–Trinajstić information content (AvgIpc) is 2.87. The van der Waals surface area contributed by atoms with Crippen molar-refractivity contribution in [2.24, 2.45) is 0 Å². The third-order valence-electron chi connectivity index (χ3n) is 2.69. The molecule has 1 N–H and O–H groups in total. The highest BCUT2D eigenvalue weighted by Gasteiger charge is 2.31. The van der Waals surface area contributed by atoms with Crippen molar-refractivity contribution < 1.29 is 14.1 Å². The van der Waals surface area contributed by atoms with E-state index in [-0.39, 0.29) is 5.89 Å². The first-order valence-corrected chi connectivity index (χ1v) is 6.93. The maximum atomic E-state index is 11.9. The van der Waals surface area contributed by atoms with E-state index in [0.29, 0.717) is 5.82 Å². The molecule has 0 radical (unpaired) electrons. The van der Waals surface area contributed by atoms with Crippen LogP contribution in [0.4, 0.5) is 4.79 Å². The van der Waals surface area contributed by atoms with Crippen LogP contribution in [0.1, 0.15) is 40.5 Å². The number of aromatic nitrogens is 3. The van der Waals surface area contributed by atoms with Crippen LogP contribution in [0.3, 0.4) is 0 Å². The lowest BCUT2D eigenvalue weighted by atomic mass is 10.1. The summed E-state index contributed by atoms with van der Waals surface area (Å²) >= 11 is 0. The van der Waals surface area contributed by atoms with Crippen LogP contribution in [0.5, 0.6) is 0 Å². The fourth-order valence-corrected chi connectivity index (χ4v) is 1.70. The van der Waals surface area contributed by atoms with Crippen LogP contribution in [0.15, 0.2) is 29.0 Å². The monoisotopic (exact) mass is 304 g/mol. The van der Waals surface area contributed by atoms with Crippen LogP contribution >= 0.6 is 0 Å². The molecule has 2 heterocycles. The minimum absolute atomic E-state index is 0.289. The zero-order valence-electron chi connectivity index (χ0n) is 13.4. The number of pyridine rings is 1. The Kier molecular flexibility index (Phi) is 4.16. The number of ether oxygens (including phenoxy) is 1. The van der Waals surface area contributed by atoms with E-state index in [1.807, 2.05) is 6.07 Å². The van der Waals surface area contributed by atoms with Crippen molar-refractivity contribution in [3.05, 3.63) is 30.4 Å². The van der Waals surface area contributed by atoms with Gasteiger partial charge in [0, 0.05) is 18.0 Å². The number of carbonyl (C=O) groups is 1. The smallest absolute Gasteiger partial charge is 0.408 e. The van der Waals surface area contributed by atoms with Crippen LogP contribution in [-0.2, 0) is 10.3 Å². The fraction of sp³-hybridized carbons (Fsp3) is 0.467. The maximum absolute atomic E-state index is 11.9. The van der Waals surface area contributed by atoms with Crippen LogP contribution < -0.4 is 5.32 Å². The summed E-state index contributed by atoms with van der Waals surface area (Å²) < 4.78 is 10.5. The standard InChI is InChI=1S/C15H20N4O3/c1-14(2,3)21-13(20)18-15(4,5)12-17-11(19-22-12)10-7-6-8-16-9-10/h6-9H,1-5H3,(H,18,20). The fourth-order valence-electron chi connectivity index (χ4n) is 1.70. The van der Waals surface area contributed by atoms with Crippen LogP contribution in [0.25, 0.3) is 11.4 Å². The summed E-state index contributed by atoms with van der Waals surface area (Å²) in [5, 5.41) is 6.64. The van der Waals surface area contributed by atoms with Gasteiger partial charge in [0.15, 0.2) is 0 Å².